The zero-order valence-electron chi connectivity index (χ0n) is 16.4. The van der Waals surface area contributed by atoms with Crippen LogP contribution >= 0.6 is 0 Å². The summed E-state index contributed by atoms with van der Waals surface area (Å²) in [6.07, 6.45) is -3.61. The summed E-state index contributed by atoms with van der Waals surface area (Å²) in [6.45, 7) is 2.86. The first-order valence-electron chi connectivity index (χ1n) is 9.26. The van der Waals surface area contributed by atoms with Gasteiger partial charge < -0.3 is 9.26 Å². The maximum atomic E-state index is 12.9. The molecule has 0 spiro atoms. The Morgan fingerprint density at radius 3 is 2.70 bits per heavy atom. The van der Waals surface area contributed by atoms with E-state index in [1.54, 1.807) is 0 Å². The summed E-state index contributed by atoms with van der Waals surface area (Å²) in [5.74, 6) is -1.19. The number of hydrogen-bond acceptors (Lipinski definition) is 6. The molecule has 1 aromatic carbocycles. The topological polar surface area (TPSA) is 89.7 Å². The van der Waals surface area contributed by atoms with Crippen molar-refractivity contribution in [3.8, 4) is 0 Å². The molecule has 1 aromatic heterocycles. The second-order valence-corrected chi connectivity index (χ2v) is 9.04. The highest BCUT2D eigenvalue weighted by Crippen LogP contribution is 2.30. The van der Waals surface area contributed by atoms with Gasteiger partial charge in [-0.1, -0.05) is 17.3 Å². The molecule has 3 rings (SSSR count). The van der Waals surface area contributed by atoms with Crippen molar-refractivity contribution in [2.75, 3.05) is 13.1 Å². The largest absolute Gasteiger partial charge is 0.461 e. The Labute approximate surface area is 171 Å². The molecule has 0 aliphatic carbocycles. The third-order valence-electron chi connectivity index (χ3n) is 4.92. The van der Waals surface area contributed by atoms with Gasteiger partial charge in [-0.3, -0.25) is 4.79 Å². The Morgan fingerprint density at radius 2 is 2.07 bits per heavy atom. The van der Waals surface area contributed by atoms with Crippen molar-refractivity contribution in [1.29, 1.82) is 0 Å². The average Bonchev–Trinajstić information content (AvgIpc) is 3.04. The van der Waals surface area contributed by atoms with Gasteiger partial charge in [0.2, 0.25) is 10.0 Å². The Morgan fingerprint density at radius 1 is 1.33 bits per heavy atom. The van der Waals surface area contributed by atoms with Crippen molar-refractivity contribution >= 4 is 16.0 Å². The molecule has 0 bridgehead atoms. The number of esters is 1. The first kappa shape index (κ1) is 22.3. The van der Waals surface area contributed by atoms with Crippen LogP contribution in [0.15, 0.2) is 33.7 Å². The monoisotopic (exact) mass is 446 g/mol. The van der Waals surface area contributed by atoms with Gasteiger partial charge in [-0.05, 0) is 44.4 Å². The van der Waals surface area contributed by atoms with E-state index in [0.29, 0.717) is 12.8 Å². The number of hydrogen-bond donors (Lipinski definition) is 0. The van der Waals surface area contributed by atoms with Gasteiger partial charge in [-0.25, -0.2) is 8.42 Å². The number of nitrogens with zero attached hydrogens (tertiary/aromatic N) is 2. The zero-order valence-corrected chi connectivity index (χ0v) is 17.2. The van der Waals surface area contributed by atoms with Crippen LogP contribution in [0.3, 0.4) is 0 Å². The van der Waals surface area contributed by atoms with Crippen molar-refractivity contribution in [3.05, 3.63) is 46.8 Å². The molecule has 11 heteroatoms. The fourth-order valence-corrected chi connectivity index (χ4v) is 5.25. The molecule has 1 aliphatic heterocycles. The number of sulfonamides is 1. The quantitative estimate of drug-likeness (QED) is 0.654. The highest BCUT2D eigenvalue weighted by Gasteiger charge is 2.37. The Balaban J connectivity index is 1.66. The van der Waals surface area contributed by atoms with Gasteiger partial charge in [0, 0.05) is 13.1 Å². The fraction of sp³-hybridized carbons (Fsp3) is 0.474. The zero-order chi connectivity index (χ0) is 22.1. The van der Waals surface area contributed by atoms with Gasteiger partial charge >= 0.3 is 12.1 Å². The van der Waals surface area contributed by atoms with Gasteiger partial charge in [-0.15, -0.1) is 0 Å². The number of aromatic nitrogens is 1. The lowest BCUT2D eigenvalue weighted by Gasteiger charge is -2.30. The van der Waals surface area contributed by atoms with Crippen LogP contribution in [0.2, 0.25) is 0 Å². The van der Waals surface area contributed by atoms with Crippen molar-refractivity contribution < 1.29 is 35.6 Å². The molecule has 1 fully saturated rings. The summed E-state index contributed by atoms with van der Waals surface area (Å²) in [4.78, 5) is 12.4. The van der Waals surface area contributed by atoms with E-state index in [2.05, 4.69) is 5.16 Å². The summed E-state index contributed by atoms with van der Waals surface area (Å²) in [5, 5.41) is 3.67. The molecule has 1 aliphatic rings. The molecule has 1 unspecified atom stereocenters. The predicted molar refractivity (Wildman–Crippen MR) is 98.7 cm³/mol. The lowest BCUT2D eigenvalue weighted by atomic mass is 10.00. The van der Waals surface area contributed by atoms with Gasteiger partial charge in [0.15, 0.2) is 5.76 Å². The predicted octanol–water partition coefficient (Wildman–Crippen LogP) is 3.45. The number of ether oxygens (including phenoxy) is 1. The first-order valence-corrected chi connectivity index (χ1v) is 10.7. The minimum Gasteiger partial charge on any atom is -0.461 e. The van der Waals surface area contributed by atoms with Crippen LogP contribution in [0.1, 0.15) is 35.4 Å². The van der Waals surface area contributed by atoms with Crippen molar-refractivity contribution in [2.45, 2.75) is 44.4 Å². The fourth-order valence-electron chi connectivity index (χ4n) is 3.43. The summed E-state index contributed by atoms with van der Waals surface area (Å²) in [6, 6.07) is 4.52. The maximum absolute atomic E-state index is 12.9. The van der Waals surface area contributed by atoms with Gasteiger partial charge in [0.25, 0.3) is 0 Å². The Kier molecular flexibility index (Phi) is 6.23. The van der Waals surface area contributed by atoms with E-state index in [0.717, 1.165) is 12.1 Å². The summed E-state index contributed by atoms with van der Waals surface area (Å²) >= 11 is 0. The van der Waals surface area contributed by atoms with Crippen LogP contribution in [-0.4, -0.2) is 36.9 Å². The number of carbonyl (C=O) groups is 1. The summed E-state index contributed by atoms with van der Waals surface area (Å²) in [5.41, 5.74) is -0.388. The number of rotatable bonds is 5. The molecular weight excluding hydrogens is 425 g/mol. The molecular formula is C19H21F3N2O5S. The molecule has 2 aromatic rings. The summed E-state index contributed by atoms with van der Waals surface area (Å²) in [7, 11) is -3.89. The number of aryl methyl sites for hydroxylation is 2. The second kappa shape index (κ2) is 8.38. The van der Waals surface area contributed by atoms with E-state index in [9.17, 15) is 26.4 Å². The molecule has 2 heterocycles. The minimum absolute atomic E-state index is 0.0134. The lowest BCUT2D eigenvalue weighted by molar-refractivity contribution is -0.151. The van der Waals surface area contributed by atoms with Crippen LogP contribution in [-0.2, 0) is 32.3 Å². The first-order chi connectivity index (χ1) is 14.0. The van der Waals surface area contributed by atoms with Crippen LogP contribution in [0, 0.1) is 19.8 Å². The van der Waals surface area contributed by atoms with E-state index in [1.165, 1.54) is 30.3 Å². The molecule has 1 atom stereocenters. The highest BCUT2D eigenvalue weighted by molar-refractivity contribution is 7.89. The van der Waals surface area contributed by atoms with E-state index in [4.69, 9.17) is 9.26 Å². The normalized spacial score (nSPS) is 18.4. The van der Waals surface area contributed by atoms with E-state index < -0.39 is 33.7 Å². The van der Waals surface area contributed by atoms with E-state index >= 15 is 0 Å². The molecule has 1 saturated heterocycles. The van der Waals surface area contributed by atoms with Crippen molar-refractivity contribution in [2.24, 2.45) is 5.92 Å². The molecule has 0 N–H and O–H groups in total. The number of carbonyl (C=O) groups excluding carboxylic acids is 1. The third-order valence-corrected chi connectivity index (χ3v) is 7.03. The molecule has 30 heavy (non-hydrogen) atoms. The average molecular weight is 446 g/mol. The smallest absolute Gasteiger partial charge is 0.416 e. The van der Waals surface area contributed by atoms with Crippen LogP contribution in [0.25, 0.3) is 0 Å². The van der Waals surface area contributed by atoms with Crippen LogP contribution < -0.4 is 0 Å². The maximum Gasteiger partial charge on any atom is 0.416 e. The van der Waals surface area contributed by atoms with Gasteiger partial charge in [0.1, 0.15) is 17.2 Å². The molecule has 7 nitrogen and oxygen atoms in total. The minimum atomic E-state index is -4.49. The number of benzene rings is 1. The SMILES string of the molecule is Cc1noc(C)c1S(=O)(=O)N1CCCC(C(=O)OCc2cccc(C(F)(F)F)c2)C1. The number of halogens is 3. The third kappa shape index (κ3) is 4.67. The molecule has 0 saturated carbocycles. The second-order valence-electron chi connectivity index (χ2n) is 7.16. The standard InChI is InChI=1S/C19H21F3N2O5S/c1-12-17(13(2)29-23-12)30(26,27)24-8-4-6-15(10-24)18(25)28-11-14-5-3-7-16(9-14)19(20,21)22/h3,5,7,9,15H,4,6,8,10-11H2,1-2H3. The van der Waals surface area contributed by atoms with Crippen molar-refractivity contribution in [3.63, 3.8) is 0 Å². The van der Waals surface area contributed by atoms with E-state index in [-0.39, 0.29) is 41.6 Å². The summed E-state index contributed by atoms with van der Waals surface area (Å²) < 4.78 is 75.6. The van der Waals surface area contributed by atoms with Crippen molar-refractivity contribution in [1.82, 2.24) is 9.46 Å². The van der Waals surface area contributed by atoms with Gasteiger partial charge in [0.05, 0.1) is 11.5 Å². The highest BCUT2D eigenvalue weighted by atomic mass is 32.2. The lowest BCUT2D eigenvalue weighted by Crippen LogP contribution is -2.43. The molecule has 0 radical (unpaired) electrons. The molecule has 0 amide bonds. The number of alkyl halides is 3. The van der Waals surface area contributed by atoms with Crippen LogP contribution in [0.4, 0.5) is 13.2 Å². The Bertz CT molecular complexity index is 1010. The molecule has 164 valence electrons. The van der Waals surface area contributed by atoms with E-state index in [1.807, 2.05) is 0 Å². The number of piperidine rings is 1. The Hall–Kier alpha value is -2.40. The van der Waals surface area contributed by atoms with Crippen LogP contribution in [0.5, 0.6) is 0 Å². The van der Waals surface area contributed by atoms with Gasteiger partial charge in [-0.2, -0.15) is 17.5 Å².